The molecule has 14 heavy (non-hydrogen) atoms. The van der Waals surface area contributed by atoms with Crippen LogP contribution in [-0.4, -0.2) is 6.54 Å². The maximum atomic E-state index is 13.4. The molecule has 0 spiro atoms. The highest BCUT2D eigenvalue weighted by atomic mass is 35.5. The molecule has 1 aromatic carbocycles. The van der Waals surface area contributed by atoms with Crippen LogP contribution in [0.1, 0.15) is 18.5 Å². The number of nitrogens with one attached hydrogen (secondary N) is 1. The number of hydrogen-bond donors (Lipinski definition) is 1. The third kappa shape index (κ3) is 2.25. The summed E-state index contributed by atoms with van der Waals surface area (Å²) in [6, 6.07) is 4.07. The SMILES string of the molecule is C#CC(NCC)c1c(F)cccc1Cl. The molecule has 1 nitrogen and oxygen atoms in total. The Morgan fingerprint density at radius 2 is 2.36 bits per heavy atom. The van der Waals surface area contributed by atoms with Crippen LogP contribution < -0.4 is 5.32 Å². The largest absolute Gasteiger partial charge is 0.300 e. The average Bonchev–Trinajstić information content (AvgIpc) is 2.16. The topological polar surface area (TPSA) is 12.0 Å². The van der Waals surface area contributed by atoms with Gasteiger partial charge in [-0.25, -0.2) is 4.39 Å². The van der Waals surface area contributed by atoms with E-state index in [4.69, 9.17) is 18.0 Å². The molecule has 1 aromatic rings. The maximum Gasteiger partial charge on any atom is 0.130 e. The fraction of sp³-hybridized carbons (Fsp3) is 0.273. The zero-order valence-corrected chi connectivity index (χ0v) is 8.61. The molecular formula is C11H11ClFN. The van der Waals surface area contributed by atoms with Crippen molar-refractivity contribution in [3.63, 3.8) is 0 Å². The van der Waals surface area contributed by atoms with Crippen LogP contribution >= 0.6 is 11.6 Å². The van der Waals surface area contributed by atoms with Crippen LogP contribution in [0.4, 0.5) is 4.39 Å². The second kappa shape index (κ2) is 4.99. The molecule has 0 aromatic heterocycles. The highest BCUT2D eigenvalue weighted by molar-refractivity contribution is 6.31. The molecule has 0 bridgehead atoms. The van der Waals surface area contributed by atoms with Gasteiger partial charge in [0, 0.05) is 10.6 Å². The summed E-state index contributed by atoms with van der Waals surface area (Å²) in [4.78, 5) is 0. The summed E-state index contributed by atoms with van der Waals surface area (Å²) in [7, 11) is 0. The van der Waals surface area contributed by atoms with Gasteiger partial charge in [-0.1, -0.05) is 30.5 Å². The van der Waals surface area contributed by atoms with Gasteiger partial charge in [0.15, 0.2) is 0 Å². The number of rotatable bonds is 3. The minimum atomic E-state index is -0.464. The zero-order valence-electron chi connectivity index (χ0n) is 7.85. The van der Waals surface area contributed by atoms with Crippen LogP contribution in [0.15, 0.2) is 18.2 Å². The van der Waals surface area contributed by atoms with Gasteiger partial charge in [0.25, 0.3) is 0 Å². The van der Waals surface area contributed by atoms with Crippen molar-refractivity contribution < 1.29 is 4.39 Å². The first-order valence-electron chi connectivity index (χ1n) is 4.34. The van der Waals surface area contributed by atoms with Crippen LogP contribution in [0.5, 0.6) is 0 Å². The Bertz CT molecular complexity index is 337. The van der Waals surface area contributed by atoms with Crippen LogP contribution in [0.25, 0.3) is 0 Å². The van der Waals surface area contributed by atoms with Gasteiger partial charge >= 0.3 is 0 Å². The van der Waals surface area contributed by atoms with E-state index in [1.165, 1.54) is 6.07 Å². The fourth-order valence-electron chi connectivity index (χ4n) is 1.23. The third-order valence-electron chi connectivity index (χ3n) is 1.86. The predicted octanol–water partition coefficient (Wildman–Crippen LogP) is 2.76. The van der Waals surface area contributed by atoms with Crippen molar-refractivity contribution >= 4 is 11.6 Å². The summed E-state index contributed by atoms with van der Waals surface area (Å²) < 4.78 is 13.4. The number of terminal acetylenes is 1. The Labute approximate surface area is 88.3 Å². The van der Waals surface area contributed by atoms with Crippen molar-refractivity contribution in [3.05, 3.63) is 34.6 Å². The Morgan fingerprint density at radius 3 is 2.86 bits per heavy atom. The van der Waals surface area contributed by atoms with Crippen LogP contribution in [0.2, 0.25) is 5.02 Å². The molecule has 0 aliphatic carbocycles. The van der Waals surface area contributed by atoms with Crippen LogP contribution in [0.3, 0.4) is 0 Å². The third-order valence-corrected chi connectivity index (χ3v) is 2.19. The van der Waals surface area contributed by atoms with Gasteiger partial charge in [-0.3, -0.25) is 0 Å². The Kier molecular flexibility index (Phi) is 3.94. The summed E-state index contributed by atoms with van der Waals surface area (Å²) in [6.07, 6.45) is 5.29. The van der Waals surface area contributed by atoms with Crippen molar-refractivity contribution in [2.75, 3.05) is 6.54 Å². The van der Waals surface area contributed by atoms with Gasteiger partial charge in [-0.2, -0.15) is 0 Å². The van der Waals surface area contributed by atoms with E-state index >= 15 is 0 Å². The molecule has 74 valence electrons. The lowest BCUT2D eigenvalue weighted by molar-refractivity contribution is 0.574. The first-order chi connectivity index (χ1) is 6.70. The number of hydrogen-bond acceptors (Lipinski definition) is 1. The summed E-state index contributed by atoms with van der Waals surface area (Å²) in [5, 5.41) is 3.33. The molecule has 1 rings (SSSR count). The van der Waals surface area contributed by atoms with E-state index in [2.05, 4.69) is 11.2 Å². The maximum absolute atomic E-state index is 13.4. The summed E-state index contributed by atoms with van der Waals surface area (Å²) >= 11 is 5.86. The van der Waals surface area contributed by atoms with Crippen molar-refractivity contribution in [2.45, 2.75) is 13.0 Å². The molecule has 1 unspecified atom stereocenters. The summed E-state index contributed by atoms with van der Waals surface area (Å²) in [5.74, 6) is 2.09. The quantitative estimate of drug-likeness (QED) is 0.759. The van der Waals surface area contributed by atoms with Gasteiger partial charge in [0.1, 0.15) is 5.82 Å². The second-order valence-corrected chi connectivity index (χ2v) is 3.20. The summed E-state index contributed by atoms with van der Waals surface area (Å²) in [5.41, 5.74) is 0.346. The average molecular weight is 212 g/mol. The normalized spacial score (nSPS) is 12.1. The van der Waals surface area contributed by atoms with E-state index in [0.717, 1.165) is 0 Å². The lowest BCUT2D eigenvalue weighted by Crippen LogP contribution is -2.20. The van der Waals surface area contributed by atoms with Crippen molar-refractivity contribution in [1.29, 1.82) is 0 Å². The lowest BCUT2D eigenvalue weighted by Gasteiger charge is -2.14. The second-order valence-electron chi connectivity index (χ2n) is 2.79. The molecule has 0 fully saturated rings. The molecular weight excluding hydrogens is 201 g/mol. The molecule has 1 N–H and O–H groups in total. The van der Waals surface area contributed by atoms with Crippen molar-refractivity contribution in [1.82, 2.24) is 5.32 Å². The molecule has 0 aliphatic rings. The van der Waals surface area contributed by atoms with E-state index < -0.39 is 6.04 Å². The molecule has 1 atom stereocenters. The smallest absolute Gasteiger partial charge is 0.130 e. The van der Waals surface area contributed by atoms with Crippen LogP contribution in [0, 0.1) is 18.2 Å². The number of halogens is 2. The van der Waals surface area contributed by atoms with Gasteiger partial charge in [-0.15, -0.1) is 6.42 Å². The minimum Gasteiger partial charge on any atom is -0.300 e. The van der Waals surface area contributed by atoms with Gasteiger partial charge in [0.05, 0.1) is 6.04 Å². The van der Waals surface area contributed by atoms with E-state index in [9.17, 15) is 4.39 Å². The molecule has 0 aliphatic heterocycles. The molecule has 0 heterocycles. The predicted molar refractivity (Wildman–Crippen MR) is 56.7 cm³/mol. The molecule has 0 saturated carbocycles. The fourth-order valence-corrected chi connectivity index (χ4v) is 1.51. The highest BCUT2D eigenvalue weighted by Crippen LogP contribution is 2.25. The monoisotopic (exact) mass is 211 g/mol. The molecule has 0 saturated heterocycles. The minimum absolute atomic E-state index is 0.346. The number of benzene rings is 1. The standard InChI is InChI=1S/C11H11ClFN/c1-3-10(14-4-2)11-8(12)6-5-7-9(11)13/h1,5-7,10,14H,4H2,2H3. The van der Waals surface area contributed by atoms with E-state index in [1.54, 1.807) is 12.1 Å². The zero-order chi connectivity index (χ0) is 10.6. The van der Waals surface area contributed by atoms with Crippen molar-refractivity contribution in [2.24, 2.45) is 0 Å². The summed E-state index contributed by atoms with van der Waals surface area (Å²) in [6.45, 7) is 2.57. The molecule has 3 heteroatoms. The van der Waals surface area contributed by atoms with Crippen LogP contribution in [-0.2, 0) is 0 Å². The lowest BCUT2D eigenvalue weighted by atomic mass is 10.1. The molecule has 0 radical (unpaired) electrons. The van der Waals surface area contributed by atoms with E-state index in [-0.39, 0.29) is 5.82 Å². The first kappa shape index (κ1) is 11.0. The van der Waals surface area contributed by atoms with Gasteiger partial charge in [-0.05, 0) is 18.7 Å². The Balaban J connectivity index is 3.10. The van der Waals surface area contributed by atoms with E-state index in [1.807, 2.05) is 6.92 Å². The van der Waals surface area contributed by atoms with Crippen molar-refractivity contribution in [3.8, 4) is 12.3 Å². The van der Waals surface area contributed by atoms with E-state index in [0.29, 0.717) is 17.1 Å². The Morgan fingerprint density at radius 1 is 1.64 bits per heavy atom. The molecule has 0 amide bonds. The van der Waals surface area contributed by atoms with Gasteiger partial charge in [0.2, 0.25) is 0 Å². The first-order valence-corrected chi connectivity index (χ1v) is 4.72. The highest BCUT2D eigenvalue weighted by Gasteiger charge is 2.15. The van der Waals surface area contributed by atoms with Gasteiger partial charge < -0.3 is 5.32 Å². The Hall–Kier alpha value is -1.04.